The van der Waals surface area contributed by atoms with E-state index in [0.717, 1.165) is 15.8 Å². The van der Waals surface area contributed by atoms with Crippen molar-refractivity contribution < 1.29 is 14.3 Å². The third-order valence-electron chi connectivity index (χ3n) is 2.91. The van der Waals surface area contributed by atoms with E-state index in [9.17, 15) is 4.79 Å². The van der Waals surface area contributed by atoms with Crippen molar-refractivity contribution in [2.45, 2.75) is 30.7 Å². The highest BCUT2D eigenvalue weighted by atomic mass is 32.2. The van der Waals surface area contributed by atoms with Crippen LogP contribution in [0, 0.1) is 0 Å². The minimum atomic E-state index is -0.588. The SMILES string of the molecule is CCSc1nnc(NC(=O)[C@@H](CC)Oc2ccc(OC)cc2)s1. The highest BCUT2D eigenvalue weighted by molar-refractivity contribution is 8.01. The summed E-state index contributed by atoms with van der Waals surface area (Å²) in [6, 6.07) is 7.13. The van der Waals surface area contributed by atoms with Gasteiger partial charge in [0.05, 0.1) is 7.11 Å². The van der Waals surface area contributed by atoms with Crippen molar-refractivity contribution in [2.24, 2.45) is 0 Å². The Hall–Kier alpha value is -1.80. The van der Waals surface area contributed by atoms with Crippen molar-refractivity contribution >= 4 is 34.1 Å². The fourth-order valence-corrected chi connectivity index (χ4v) is 3.42. The molecule has 23 heavy (non-hydrogen) atoms. The number of carbonyl (C=O) groups is 1. The van der Waals surface area contributed by atoms with Crippen LogP contribution in [-0.2, 0) is 4.79 Å². The molecular formula is C15H19N3O3S2. The second kappa shape index (κ2) is 8.73. The number of amides is 1. The average Bonchev–Trinajstić information content (AvgIpc) is 3.00. The molecule has 1 amide bonds. The standard InChI is InChI=1S/C15H19N3O3S2/c1-4-12(21-11-8-6-10(20-3)7-9-11)13(19)16-14-17-18-15(23-14)22-5-2/h6-9,12H,4-5H2,1-3H3,(H,16,17,19)/t12-/m1/s1. The van der Waals surface area contributed by atoms with E-state index in [0.29, 0.717) is 17.3 Å². The van der Waals surface area contributed by atoms with Crippen LogP contribution in [0.5, 0.6) is 11.5 Å². The third-order valence-corrected chi connectivity index (χ3v) is 4.76. The summed E-state index contributed by atoms with van der Waals surface area (Å²) < 4.78 is 11.7. The predicted molar refractivity (Wildman–Crippen MR) is 92.6 cm³/mol. The van der Waals surface area contributed by atoms with E-state index < -0.39 is 6.10 Å². The molecule has 0 unspecified atom stereocenters. The number of carbonyl (C=O) groups excluding carboxylic acids is 1. The minimum absolute atomic E-state index is 0.229. The van der Waals surface area contributed by atoms with Gasteiger partial charge in [-0.15, -0.1) is 10.2 Å². The number of methoxy groups -OCH3 is 1. The number of nitrogens with one attached hydrogen (secondary N) is 1. The zero-order valence-electron chi connectivity index (χ0n) is 13.2. The Morgan fingerprint density at radius 3 is 2.57 bits per heavy atom. The molecule has 1 aromatic heterocycles. The zero-order valence-corrected chi connectivity index (χ0v) is 14.9. The first kappa shape index (κ1) is 17.6. The van der Waals surface area contributed by atoms with E-state index in [1.807, 2.05) is 13.8 Å². The fraction of sp³-hybridized carbons (Fsp3) is 0.400. The molecule has 0 saturated carbocycles. The predicted octanol–water partition coefficient (Wildman–Crippen LogP) is 3.45. The van der Waals surface area contributed by atoms with Gasteiger partial charge in [-0.1, -0.05) is 36.9 Å². The van der Waals surface area contributed by atoms with Crippen molar-refractivity contribution in [3.05, 3.63) is 24.3 Å². The van der Waals surface area contributed by atoms with Gasteiger partial charge in [0, 0.05) is 0 Å². The summed E-state index contributed by atoms with van der Waals surface area (Å²) in [5.74, 6) is 2.05. The van der Waals surface area contributed by atoms with Gasteiger partial charge in [0.15, 0.2) is 10.4 Å². The Bertz CT molecular complexity index is 631. The highest BCUT2D eigenvalue weighted by Gasteiger charge is 2.20. The maximum atomic E-state index is 12.3. The first-order valence-corrected chi connectivity index (χ1v) is 9.04. The van der Waals surface area contributed by atoms with Gasteiger partial charge in [-0.25, -0.2) is 0 Å². The summed E-state index contributed by atoms with van der Waals surface area (Å²) >= 11 is 2.96. The third kappa shape index (κ3) is 5.11. The Kier molecular flexibility index (Phi) is 6.66. The molecule has 0 aliphatic heterocycles. The van der Waals surface area contributed by atoms with Crippen LogP contribution in [0.1, 0.15) is 20.3 Å². The van der Waals surface area contributed by atoms with Crippen molar-refractivity contribution in [1.29, 1.82) is 0 Å². The maximum Gasteiger partial charge on any atom is 0.267 e. The van der Waals surface area contributed by atoms with Crippen molar-refractivity contribution in [3.8, 4) is 11.5 Å². The van der Waals surface area contributed by atoms with E-state index in [2.05, 4.69) is 15.5 Å². The van der Waals surface area contributed by atoms with Crippen LogP contribution in [0.15, 0.2) is 28.6 Å². The lowest BCUT2D eigenvalue weighted by Gasteiger charge is -2.16. The molecule has 0 fully saturated rings. The first-order chi connectivity index (χ1) is 11.2. The van der Waals surface area contributed by atoms with Crippen LogP contribution in [-0.4, -0.2) is 35.1 Å². The van der Waals surface area contributed by atoms with Crippen LogP contribution < -0.4 is 14.8 Å². The van der Waals surface area contributed by atoms with Gasteiger partial charge in [-0.2, -0.15) is 0 Å². The second-order valence-corrected chi connectivity index (χ2v) is 6.97. The van der Waals surface area contributed by atoms with Crippen LogP contribution in [0.25, 0.3) is 0 Å². The Morgan fingerprint density at radius 2 is 1.96 bits per heavy atom. The number of hydrogen-bond acceptors (Lipinski definition) is 7. The van der Waals surface area contributed by atoms with Crippen LogP contribution in [0.4, 0.5) is 5.13 Å². The lowest BCUT2D eigenvalue weighted by Crippen LogP contribution is -2.32. The summed E-state index contributed by atoms with van der Waals surface area (Å²) in [5, 5.41) is 11.2. The normalized spacial score (nSPS) is 11.8. The smallest absolute Gasteiger partial charge is 0.267 e. The van der Waals surface area contributed by atoms with Gasteiger partial charge < -0.3 is 9.47 Å². The topological polar surface area (TPSA) is 73.3 Å². The maximum absolute atomic E-state index is 12.3. The quantitative estimate of drug-likeness (QED) is 0.579. The number of anilines is 1. The minimum Gasteiger partial charge on any atom is -0.497 e. The van der Waals surface area contributed by atoms with E-state index in [-0.39, 0.29) is 5.91 Å². The number of ether oxygens (including phenoxy) is 2. The van der Waals surface area contributed by atoms with E-state index in [4.69, 9.17) is 9.47 Å². The Balaban J connectivity index is 1.96. The van der Waals surface area contributed by atoms with Crippen LogP contribution in [0.3, 0.4) is 0 Å². The molecule has 2 rings (SSSR count). The number of hydrogen-bond donors (Lipinski definition) is 1. The molecule has 1 aromatic carbocycles. The van der Waals surface area contributed by atoms with Crippen LogP contribution in [0.2, 0.25) is 0 Å². The van der Waals surface area contributed by atoms with Gasteiger partial charge in [0.2, 0.25) is 5.13 Å². The lowest BCUT2D eigenvalue weighted by molar-refractivity contribution is -0.122. The van der Waals surface area contributed by atoms with E-state index in [1.54, 1.807) is 43.1 Å². The molecule has 1 N–H and O–H groups in total. The molecule has 0 aliphatic carbocycles. The van der Waals surface area contributed by atoms with Crippen molar-refractivity contribution in [1.82, 2.24) is 10.2 Å². The summed E-state index contributed by atoms with van der Waals surface area (Å²) in [6.07, 6.45) is -0.0395. The van der Waals surface area contributed by atoms with Gasteiger partial charge in [0.25, 0.3) is 5.91 Å². The lowest BCUT2D eigenvalue weighted by atomic mass is 10.2. The zero-order chi connectivity index (χ0) is 16.7. The molecule has 8 heteroatoms. The summed E-state index contributed by atoms with van der Waals surface area (Å²) in [6.45, 7) is 3.94. The number of nitrogens with zero attached hydrogens (tertiary/aromatic N) is 2. The van der Waals surface area contributed by atoms with Gasteiger partial charge in [-0.3, -0.25) is 10.1 Å². The fourth-order valence-electron chi connectivity index (χ4n) is 1.77. The van der Waals surface area contributed by atoms with Gasteiger partial charge in [-0.05, 0) is 36.4 Å². The summed E-state index contributed by atoms with van der Waals surface area (Å²) in [5.41, 5.74) is 0. The Labute approximate surface area is 143 Å². The number of aromatic nitrogens is 2. The monoisotopic (exact) mass is 353 g/mol. The molecule has 0 radical (unpaired) electrons. The molecule has 1 atom stereocenters. The molecule has 0 spiro atoms. The second-order valence-electron chi connectivity index (χ2n) is 4.49. The largest absolute Gasteiger partial charge is 0.497 e. The molecule has 0 bridgehead atoms. The Morgan fingerprint density at radius 1 is 1.26 bits per heavy atom. The number of thioether (sulfide) groups is 1. The van der Waals surface area contributed by atoms with Gasteiger partial charge in [0.1, 0.15) is 11.5 Å². The molecule has 2 aromatic rings. The van der Waals surface area contributed by atoms with E-state index >= 15 is 0 Å². The average molecular weight is 353 g/mol. The van der Waals surface area contributed by atoms with Crippen LogP contribution >= 0.6 is 23.1 Å². The molecule has 0 saturated heterocycles. The molecule has 6 nitrogen and oxygen atoms in total. The number of rotatable bonds is 8. The summed E-state index contributed by atoms with van der Waals surface area (Å²) in [4.78, 5) is 12.3. The van der Waals surface area contributed by atoms with E-state index in [1.165, 1.54) is 11.3 Å². The molecule has 1 heterocycles. The summed E-state index contributed by atoms with van der Waals surface area (Å²) in [7, 11) is 1.60. The molecular weight excluding hydrogens is 334 g/mol. The first-order valence-electron chi connectivity index (χ1n) is 7.24. The highest BCUT2D eigenvalue weighted by Crippen LogP contribution is 2.25. The molecule has 124 valence electrons. The van der Waals surface area contributed by atoms with Crippen molar-refractivity contribution in [3.63, 3.8) is 0 Å². The van der Waals surface area contributed by atoms with Crippen molar-refractivity contribution in [2.75, 3.05) is 18.2 Å². The molecule has 0 aliphatic rings. The van der Waals surface area contributed by atoms with Gasteiger partial charge >= 0.3 is 0 Å². The number of benzene rings is 1.